The van der Waals surface area contributed by atoms with Crippen molar-refractivity contribution >= 4 is 28.9 Å². The lowest BCUT2D eigenvalue weighted by atomic mass is 10.1. The molecule has 3 aromatic rings. The van der Waals surface area contributed by atoms with Crippen LogP contribution < -0.4 is 5.32 Å². The summed E-state index contributed by atoms with van der Waals surface area (Å²) in [5.41, 5.74) is 2.98. The molecule has 0 aliphatic rings. The van der Waals surface area contributed by atoms with Gasteiger partial charge >= 0.3 is 0 Å². The number of nitrogens with one attached hydrogen (secondary N) is 1. The van der Waals surface area contributed by atoms with E-state index in [4.69, 9.17) is 16.0 Å². The summed E-state index contributed by atoms with van der Waals surface area (Å²) in [6, 6.07) is 13.1. The van der Waals surface area contributed by atoms with E-state index >= 15 is 0 Å². The third-order valence-corrected chi connectivity index (χ3v) is 4.21. The third-order valence-electron chi connectivity index (χ3n) is 3.89. The van der Waals surface area contributed by atoms with Gasteiger partial charge < -0.3 is 9.73 Å². The van der Waals surface area contributed by atoms with Gasteiger partial charge in [-0.3, -0.25) is 14.9 Å². The Morgan fingerprint density at radius 2 is 1.88 bits per heavy atom. The molecule has 0 saturated carbocycles. The highest BCUT2D eigenvalue weighted by Gasteiger charge is 2.17. The van der Waals surface area contributed by atoms with Crippen LogP contribution in [0.1, 0.15) is 21.7 Å². The molecule has 1 N–H and O–H groups in total. The number of carbonyl (C=O) groups excluding carboxylic acids is 1. The first-order chi connectivity index (χ1) is 12.3. The molecule has 1 aromatic heterocycles. The van der Waals surface area contributed by atoms with Gasteiger partial charge in [-0.1, -0.05) is 29.3 Å². The summed E-state index contributed by atoms with van der Waals surface area (Å²) in [5.74, 6) is 0.0554. The molecule has 0 saturated heterocycles. The van der Waals surface area contributed by atoms with E-state index in [9.17, 15) is 14.9 Å². The van der Waals surface area contributed by atoms with Crippen LogP contribution in [0.3, 0.4) is 0 Å². The van der Waals surface area contributed by atoms with Crippen molar-refractivity contribution in [1.29, 1.82) is 0 Å². The van der Waals surface area contributed by atoms with Gasteiger partial charge in [-0.15, -0.1) is 0 Å². The molecule has 1 heterocycles. The van der Waals surface area contributed by atoms with Crippen LogP contribution in [0.2, 0.25) is 5.02 Å². The number of furan rings is 1. The normalized spacial score (nSPS) is 10.6. The minimum atomic E-state index is -0.567. The van der Waals surface area contributed by atoms with E-state index in [2.05, 4.69) is 5.32 Å². The number of hydrogen-bond donors (Lipinski definition) is 1. The van der Waals surface area contributed by atoms with Crippen molar-refractivity contribution in [2.75, 3.05) is 5.32 Å². The number of nitrogens with zero attached hydrogens (tertiary/aromatic N) is 1. The molecular weight excluding hydrogens is 356 g/mol. The van der Waals surface area contributed by atoms with Gasteiger partial charge in [0, 0.05) is 17.3 Å². The third kappa shape index (κ3) is 3.60. The molecule has 0 aliphatic carbocycles. The lowest BCUT2D eigenvalue weighted by molar-refractivity contribution is -0.384. The fourth-order valence-corrected chi connectivity index (χ4v) is 2.75. The number of halogens is 1. The van der Waals surface area contributed by atoms with Crippen LogP contribution in [0, 0.1) is 24.0 Å². The summed E-state index contributed by atoms with van der Waals surface area (Å²) in [4.78, 5) is 22.8. The first kappa shape index (κ1) is 17.7. The van der Waals surface area contributed by atoms with Gasteiger partial charge in [-0.2, -0.15) is 0 Å². The number of nitro groups is 1. The molecule has 7 heteroatoms. The monoisotopic (exact) mass is 370 g/mol. The van der Waals surface area contributed by atoms with Gasteiger partial charge in [0.05, 0.1) is 4.92 Å². The van der Waals surface area contributed by atoms with E-state index < -0.39 is 10.8 Å². The van der Waals surface area contributed by atoms with Gasteiger partial charge in [0.25, 0.3) is 11.6 Å². The highest BCUT2D eigenvalue weighted by atomic mass is 35.5. The molecule has 0 fully saturated rings. The highest BCUT2D eigenvalue weighted by Crippen LogP contribution is 2.31. The zero-order valence-corrected chi connectivity index (χ0v) is 14.8. The molecule has 6 nitrogen and oxygen atoms in total. The van der Waals surface area contributed by atoms with Crippen LogP contribution >= 0.6 is 11.6 Å². The van der Waals surface area contributed by atoms with E-state index in [0.717, 1.165) is 11.1 Å². The smallest absolute Gasteiger partial charge is 0.291 e. The number of amides is 1. The van der Waals surface area contributed by atoms with E-state index in [0.29, 0.717) is 17.0 Å². The van der Waals surface area contributed by atoms with Gasteiger partial charge in [-0.05, 0) is 49.7 Å². The summed E-state index contributed by atoms with van der Waals surface area (Å²) in [6.07, 6.45) is 0. The molecule has 132 valence electrons. The summed E-state index contributed by atoms with van der Waals surface area (Å²) < 4.78 is 5.56. The molecular formula is C19H15ClN2O4. The van der Waals surface area contributed by atoms with Gasteiger partial charge in [0.2, 0.25) is 0 Å². The second-order valence-electron chi connectivity index (χ2n) is 5.86. The summed E-state index contributed by atoms with van der Waals surface area (Å²) in [6.45, 7) is 3.88. The fourth-order valence-electron chi connectivity index (χ4n) is 2.56. The number of aryl methyl sites for hydroxylation is 2. The van der Waals surface area contributed by atoms with Crippen LogP contribution in [-0.4, -0.2) is 10.8 Å². The van der Waals surface area contributed by atoms with Gasteiger partial charge in [0.1, 0.15) is 10.8 Å². The van der Waals surface area contributed by atoms with Crippen molar-refractivity contribution in [1.82, 2.24) is 0 Å². The second kappa shape index (κ2) is 7.01. The van der Waals surface area contributed by atoms with Crippen molar-refractivity contribution < 1.29 is 14.1 Å². The highest BCUT2D eigenvalue weighted by molar-refractivity contribution is 6.32. The average molecular weight is 371 g/mol. The molecule has 0 radical (unpaired) electrons. The number of carbonyl (C=O) groups is 1. The first-order valence-corrected chi connectivity index (χ1v) is 8.15. The van der Waals surface area contributed by atoms with Crippen molar-refractivity contribution in [2.45, 2.75) is 13.8 Å². The molecule has 2 aromatic carbocycles. The summed E-state index contributed by atoms with van der Waals surface area (Å²) in [7, 11) is 0. The van der Waals surface area contributed by atoms with Crippen LogP contribution in [0.5, 0.6) is 0 Å². The number of rotatable bonds is 4. The second-order valence-corrected chi connectivity index (χ2v) is 6.27. The van der Waals surface area contributed by atoms with Gasteiger partial charge in [0.15, 0.2) is 5.76 Å². The molecule has 0 spiro atoms. The van der Waals surface area contributed by atoms with Crippen LogP contribution in [0.4, 0.5) is 11.4 Å². The minimum absolute atomic E-state index is 0.0399. The quantitative estimate of drug-likeness (QED) is 0.493. The topological polar surface area (TPSA) is 85.4 Å². The first-order valence-electron chi connectivity index (χ1n) is 7.78. The molecule has 0 atom stereocenters. The zero-order chi connectivity index (χ0) is 18.8. The maximum absolute atomic E-state index is 12.4. The molecule has 26 heavy (non-hydrogen) atoms. The maximum atomic E-state index is 12.4. The Morgan fingerprint density at radius 3 is 2.58 bits per heavy atom. The molecule has 0 unspecified atom stereocenters. The van der Waals surface area contributed by atoms with E-state index in [1.54, 1.807) is 12.1 Å². The summed E-state index contributed by atoms with van der Waals surface area (Å²) in [5, 5.41) is 13.8. The standard InChI is InChI=1S/C19H15ClN2O4/c1-11-3-6-15(12(2)9-11)21-19(23)18-8-7-17(26-18)13-4-5-14(20)16(10-13)22(24)25/h3-10H,1-2H3,(H,21,23). The largest absolute Gasteiger partial charge is 0.451 e. The van der Waals surface area contributed by atoms with E-state index in [1.165, 1.54) is 18.2 Å². The Bertz CT molecular complexity index is 1010. The Morgan fingerprint density at radius 1 is 1.12 bits per heavy atom. The summed E-state index contributed by atoms with van der Waals surface area (Å²) >= 11 is 5.81. The van der Waals surface area contributed by atoms with Crippen molar-refractivity contribution in [3.63, 3.8) is 0 Å². The lowest BCUT2D eigenvalue weighted by Crippen LogP contribution is -2.11. The Labute approximate surface area is 154 Å². The molecule has 3 rings (SSSR count). The SMILES string of the molecule is Cc1ccc(NC(=O)c2ccc(-c3ccc(Cl)c([N+](=O)[O-])c3)o2)c(C)c1. The van der Waals surface area contributed by atoms with Crippen LogP contribution in [0.25, 0.3) is 11.3 Å². The number of hydrogen-bond acceptors (Lipinski definition) is 4. The van der Waals surface area contributed by atoms with Crippen LogP contribution in [-0.2, 0) is 0 Å². The minimum Gasteiger partial charge on any atom is -0.451 e. The van der Waals surface area contributed by atoms with Crippen LogP contribution in [0.15, 0.2) is 52.9 Å². The molecule has 1 amide bonds. The lowest BCUT2D eigenvalue weighted by Gasteiger charge is -2.07. The fraction of sp³-hybridized carbons (Fsp3) is 0.105. The van der Waals surface area contributed by atoms with E-state index in [-0.39, 0.29) is 16.5 Å². The average Bonchev–Trinajstić information content (AvgIpc) is 3.07. The van der Waals surface area contributed by atoms with Crippen molar-refractivity contribution in [3.05, 3.63) is 80.6 Å². The Balaban J connectivity index is 1.84. The van der Waals surface area contributed by atoms with Gasteiger partial charge in [-0.25, -0.2) is 0 Å². The number of benzene rings is 2. The predicted octanol–water partition coefficient (Wildman–Crippen LogP) is 5.38. The Hall–Kier alpha value is -3.12. The van der Waals surface area contributed by atoms with Crippen molar-refractivity contribution in [2.24, 2.45) is 0 Å². The number of nitro benzene ring substituents is 1. The van der Waals surface area contributed by atoms with Crippen molar-refractivity contribution in [3.8, 4) is 11.3 Å². The Kier molecular flexibility index (Phi) is 4.77. The maximum Gasteiger partial charge on any atom is 0.291 e. The molecule has 0 bridgehead atoms. The predicted molar refractivity (Wildman–Crippen MR) is 99.7 cm³/mol. The zero-order valence-electron chi connectivity index (χ0n) is 14.1. The molecule has 0 aliphatic heterocycles. The van der Waals surface area contributed by atoms with E-state index in [1.807, 2.05) is 32.0 Å². The number of anilines is 1.